The van der Waals surface area contributed by atoms with Crippen LogP contribution in [0.2, 0.25) is 0 Å². The van der Waals surface area contributed by atoms with E-state index in [1.807, 2.05) is 6.07 Å². The number of halogens is 1. The van der Waals surface area contributed by atoms with Gasteiger partial charge in [0.15, 0.2) is 5.96 Å². The van der Waals surface area contributed by atoms with Crippen LogP contribution in [0.15, 0.2) is 45.6 Å². The van der Waals surface area contributed by atoms with Gasteiger partial charge in [0.05, 0.1) is 6.54 Å². The predicted molar refractivity (Wildman–Crippen MR) is 103 cm³/mol. The summed E-state index contributed by atoms with van der Waals surface area (Å²) in [6.07, 6.45) is 0.669. The Morgan fingerprint density at radius 3 is 2.65 bits per heavy atom. The Balaban J connectivity index is 1.85. The Labute approximate surface area is 157 Å². The largest absolute Gasteiger partial charge is 0.356 e. The molecule has 0 radical (unpaired) electrons. The van der Waals surface area contributed by atoms with E-state index in [9.17, 15) is 12.8 Å². The van der Waals surface area contributed by atoms with Gasteiger partial charge in [-0.05, 0) is 36.2 Å². The van der Waals surface area contributed by atoms with Gasteiger partial charge in [0.25, 0.3) is 10.0 Å². The fourth-order valence-corrected chi connectivity index (χ4v) is 4.65. The molecule has 0 bridgehead atoms. The molecule has 0 fully saturated rings. The first kappa shape index (κ1) is 20.3. The second kappa shape index (κ2) is 9.11. The van der Waals surface area contributed by atoms with Gasteiger partial charge in [-0.2, -0.15) is 0 Å². The van der Waals surface area contributed by atoms with Gasteiger partial charge in [-0.3, -0.25) is 4.99 Å². The van der Waals surface area contributed by atoms with Crippen LogP contribution in [0.5, 0.6) is 0 Å². The molecule has 0 aliphatic carbocycles. The van der Waals surface area contributed by atoms with Crippen molar-refractivity contribution in [3.05, 3.63) is 52.7 Å². The highest BCUT2D eigenvalue weighted by Gasteiger charge is 2.19. The molecule has 0 saturated carbocycles. The fourth-order valence-electron chi connectivity index (χ4n) is 2.18. The maximum absolute atomic E-state index is 13.2. The van der Waals surface area contributed by atoms with Gasteiger partial charge in [0.1, 0.15) is 10.0 Å². The number of sulfonamides is 1. The minimum absolute atomic E-state index is 0.244. The van der Waals surface area contributed by atoms with Crippen molar-refractivity contribution in [2.24, 2.45) is 4.99 Å². The first-order chi connectivity index (χ1) is 12.3. The first-order valence-electron chi connectivity index (χ1n) is 8.03. The topological polar surface area (TPSA) is 73.8 Å². The third-order valence-electron chi connectivity index (χ3n) is 3.62. The molecule has 0 saturated heterocycles. The smallest absolute Gasteiger partial charge is 0.252 e. The standard InChI is InChI=1S/C17H23FN4O2S2/c1-19-17(20-10-9-13-5-4-6-14(18)11-13)21-12-15-7-8-16(25-15)26(23,24)22(2)3/h4-8,11H,9-10,12H2,1-3H3,(H2,19,20,21). The van der Waals surface area contributed by atoms with E-state index in [1.54, 1.807) is 25.2 Å². The van der Waals surface area contributed by atoms with E-state index in [1.165, 1.54) is 41.9 Å². The first-order valence-corrected chi connectivity index (χ1v) is 10.3. The number of nitrogens with zero attached hydrogens (tertiary/aromatic N) is 2. The molecule has 9 heteroatoms. The van der Waals surface area contributed by atoms with Crippen LogP contribution in [0, 0.1) is 5.82 Å². The second-order valence-corrected chi connectivity index (χ2v) is 9.29. The van der Waals surface area contributed by atoms with Crippen molar-refractivity contribution in [3.63, 3.8) is 0 Å². The quantitative estimate of drug-likeness (QED) is 0.553. The average Bonchev–Trinajstić information content (AvgIpc) is 3.07. The number of thiophene rings is 1. The number of hydrogen-bond acceptors (Lipinski definition) is 4. The fraction of sp³-hybridized carbons (Fsp3) is 0.353. The van der Waals surface area contributed by atoms with E-state index in [2.05, 4.69) is 15.6 Å². The van der Waals surface area contributed by atoms with Crippen LogP contribution in [0.25, 0.3) is 0 Å². The van der Waals surface area contributed by atoms with Gasteiger partial charge in [0.2, 0.25) is 0 Å². The molecule has 0 spiro atoms. The van der Waals surface area contributed by atoms with Crippen molar-refractivity contribution in [1.82, 2.24) is 14.9 Å². The van der Waals surface area contributed by atoms with Crippen molar-refractivity contribution < 1.29 is 12.8 Å². The van der Waals surface area contributed by atoms with Crippen LogP contribution >= 0.6 is 11.3 Å². The monoisotopic (exact) mass is 398 g/mol. The predicted octanol–water partition coefficient (Wildman–Crippen LogP) is 2.05. The molecule has 2 aromatic rings. The van der Waals surface area contributed by atoms with Gasteiger partial charge < -0.3 is 10.6 Å². The third-order valence-corrected chi connectivity index (χ3v) is 6.99. The van der Waals surface area contributed by atoms with Crippen molar-refractivity contribution in [2.75, 3.05) is 27.7 Å². The molecule has 26 heavy (non-hydrogen) atoms. The lowest BCUT2D eigenvalue weighted by Gasteiger charge is -2.11. The van der Waals surface area contributed by atoms with E-state index in [0.29, 0.717) is 29.7 Å². The van der Waals surface area contributed by atoms with Crippen LogP contribution < -0.4 is 10.6 Å². The normalized spacial score (nSPS) is 12.4. The van der Waals surface area contributed by atoms with E-state index in [4.69, 9.17) is 0 Å². The minimum Gasteiger partial charge on any atom is -0.356 e. The molecule has 0 unspecified atom stereocenters. The molecule has 2 rings (SSSR count). The summed E-state index contributed by atoms with van der Waals surface area (Å²) in [5.74, 6) is 0.359. The van der Waals surface area contributed by atoms with E-state index >= 15 is 0 Å². The second-order valence-electron chi connectivity index (χ2n) is 5.74. The van der Waals surface area contributed by atoms with Crippen LogP contribution in [0.4, 0.5) is 4.39 Å². The molecule has 1 aromatic heterocycles. The van der Waals surface area contributed by atoms with E-state index in [0.717, 1.165) is 10.4 Å². The van der Waals surface area contributed by atoms with Gasteiger partial charge in [-0.1, -0.05) is 12.1 Å². The molecule has 6 nitrogen and oxygen atoms in total. The average molecular weight is 399 g/mol. The SMILES string of the molecule is CN=C(NCCc1cccc(F)c1)NCc1ccc(S(=O)(=O)N(C)C)s1. The molecule has 0 atom stereocenters. The molecule has 142 valence electrons. The highest BCUT2D eigenvalue weighted by Crippen LogP contribution is 2.23. The molecular weight excluding hydrogens is 375 g/mol. The molecule has 0 aliphatic heterocycles. The number of hydrogen-bond donors (Lipinski definition) is 2. The summed E-state index contributed by atoms with van der Waals surface area (Å²) < 4.78 is 38.9. The van der Waals surface area contributed by atoms with Crippen LogP contribution in [-0.4, -0.2) is 46.4 Å². The molecule has 0 aliphatic rings. The molecule has 1 aromatic carbocycles. The Morgan fingerprint density at radius 2 is 2.00 bits per heavy atom. The van der Waals surface area contributed by atoms with Crippen LogP contribution in [-0.2, 0) is 23.0 Å². The van der Waals surface area contributed by atoms with Gasteiger partial charge in [-0.15, -0.1) is 11.3 Å². The Morgan fingerprint density at radius 1 is 1.23 bits per heavy atom. The Bertz CT molecular complexity index is 863. The maximum atomic E-state index is 13.2. The number of nitrogens with one attached hydrogen (secondary N) is 2. The highest BCUT2D eigenvalue weighted by molar-refractivity contribution is 7.91. The zero-order valence-corrected chi connectivity index (χ0v) is 16.6. The summed E-state index contributed by atoms with van der Waals surface area (Å²) in [5, 5.41) is 6.30. The minimum atomic E-state index is -3.40. The molecule has 2 N–H and O–H groups in total. The van der Waals surface area contributed by atoms with E-state index < -0.39 is 10.0 Å². The van der Waals surface area contributed by atoms with Gasteiger partial charge >= 0.3 is 0 Å². The summed E-state index contributed by atoms with van der Waals surface area (Å²) in [4.78, 5) is 5.02. The number of guanidine groups is 1. The summed E-state index contributed by atoms with van der Waals surface area (Å²) in [6.45, 7) is 1.07. The summed E-state index contributed by atoms with van der Waals surface area (Å²) >= 11 is 1.23. The lowest BCUT2D eigenvalue weighted by molar-refractivity contribution is 0.523. The van der Waals surface area contributed by atoms with Crippen molar-refractivity contribution in [2.45, 2.75) is 17.2 Å². The van der Waals surface area contributed by atoms with Crippen molar-refractivity contribution >= 4 is 27.3 Å². The van der Waals surface area contributed by atoms with E-state index in [-0.39, 0.29) is 5.82 Å². The molecular formula is C17H23FN4O2S2. The van der Waals surface area contributed by atoms with Crippen molar-refractivity contribution in [3.8, 4) is 0 Å². The zero-order valence-electron chi connectivity index (χ0n) is 15.0. The Kier molecular flexibility index (Phi) is 7.13. The number of rotatable bonds is 7. The zero-order chi connectivity index (χ0) is 19.2. The van der Waals surface area contributed by atoms with Crippen LogP contribution in [0.3, 0.4) is 0 Å². The lowest BCUT2D eigenvalue weighted by Crippen LogP contribution is -2.37. The number of aliphatic imine (C=N–C) groups is 1. The maximum Gasteiger partial charge on any atom is 0.252 e. The molecule has 1 heterocycles. The van der Waals surface area contributed by atoms with Crippen molar-refractivity contribution in [1.29, 1.82) is 0 Å². The lowest BCUT2D eigenvalue weighted by atomic mass is 10.1. The molecule has 0 amide bonds. The Hall–Kier alpha value is -1.97. The van der Waals surface area contributed by atoms with Crippen LogP contribution in [0.1, 0.15) is 10.4 Å². The summed E-state index contributed by atoms with van der Waals surface area (Å²) in [6, 6.07) is 9.89. The van der Waals surface area contributed by atoms with Gasteiger partial charge in [0, 0.05) is 32.6 Å². The highest BCUT2D eigenvalue weighted by atomic mass is 32.2. The summed E-state index contributed by atoms with van der Waals surface area (Å²) in [7, 11) is 1.28. The third kappa shape index (κ3) is 5.52. The number of benzene rings is 1. The summed E-state index contributed by atoms with van der Waals surface area (Å²) in [5.41, 5.74) is 0.907. The van der Waals surface area contributed by atoms with Gasteiger partial charge in [-0.25, -0.2) is 17.1 Å².